The van der Waals surface area contributed by atoms with Crippen LogP contribution in [0.3, 0.4) is 0 Å². The van der Waals surface area contributed by atoms with Crippen LogP contribution in [0.25, 0.3) is 0 Å². The van der Waals surface area contributed by atoms with E-state index in [9.17, 15) is 8.42 Å². The van der Waals surface area contributed by atoms with Crippen LogP contribution >= 0.6 is 0 Å². The van der Waals surface area contributed by atoms with Crippen molar-refractivity contribution >= 4 is 9.84 Å². The largest absolute Gasteiger partial charge is 0.494 e. The Morgan fingerprint density at radius 2 is 2.05 bits per heavy atom. The number of hydrogen-bond donors (Lipinski definition) is 1. The highest BCUT2D eigenvalue weighted by atomic mass is 32.2. The van der Waals surface area contributed by atoms with Gasteiger partial charge in [0.15, 0.2) is 0 Å². The third-order valence-electron chi connectivity index (χ3n) is 3.58. The third-order valence-corrected chi connectivity index (χ3v) is 5.37. The number of aryl methyl sites for hydroxylation is 1. The lowest BCUT2D eigenvalue weighted by Crippen LogP contribution is -2.28. The average molecular weight is 313 g/mol. The van der Waals surface area contributed by atoms with Crippen LogP contribution in [0.1, 0.15) is 31.7 Å². The second kappa shape index (κ2) is 9.05. The van der Waals surface area contributed by atoms with Gasteiger partial charge in [-0.3, -0.25) is 0 Å². The van der Waals surface area contributed by atoms with Gasteiger partial charge in [0.1, 0.15) is 15.6 Å². The standard InChI is InChI=1S/C16H27NO3S/c1-4-21(18,19)12-6-8-15(17-3)10-11-20-16-9-5-7-14(2)13-16/h5,7,9,13,15,17H,4,6,8,10-12H2,1-3H3. The number of ether oxygens (including phenoxy) is 1. The molecule has 120 valence electrons. The molecule has 5 heteroatoms. The molecule has 1 aromatic rings. The number of sulfone groups is 1. The predicted molar refractivity (Wildman–Crippen MR) is 87.7 cm³/mol. The summed E-state index contributed by atoms with van der Waals surface area (Å²) in [7, 11) is -0.942. The van der Waals surface area contributed by atoms with E-state index in [0.29, 0.717) is 19.1 Å². The Labute approximate surface area is 128 Å². The summed E-state index contributed by atoms with van der Waals surface area (Å²) in [6, 6.07) is 8.28. The lowest BCUT2D eigenvalue weighted by atomic mass is 10.1. The Hall–Kier alpha value is -1.07. The van der Waals surface area contributed by atoms with Crippen LogP contribution in [-0.2, 0) is 9.84 Å². The van der Waals surface area contributed by atoms with Crippen molar-refractivity contribution in [2.24, 2.45) is 0 Å². The smallest absolute Gasteiger partial charge is 0.150 e. The molecule has 0 radical (unpaired) electrons. The van der Waals surface area contributed by atoms with Gasteiger partial charge in [0.05, 0.1) is 12.4 Å². The van der Waals surface area contributed by atoms with Crippen LogP contribution < -0.4 is 10.1 Å². The molecule has 4 nitrogen and oxygen atoms in total. The summed E-state index contributed by atoms with van der Waals surface area (Å²) in [5, 5.41) is 3.23. The Morgan fingerprint density at radius 1 is 1.29 bits per heavy atom. The van der Waals surface area contributed by atoms with Gasteiger partial charge in [0, 0.05) is 11.8 Å². The third kappa shape index (κ3) is 7.48. The summed E-state index contributed by atoms with van der Waals surface area (Å²) < 4.78 is 28.6. The van der Waals surface area contributed by atoms with Crippen molar-refractivity contribution < 1.29 is 13.2 Å². The molecule has 0 heterocycles. The Bertz CT molecular complexity index is 514. The molecule has 1 unspecified atom stereocenters. The van der Waals surface area contributed by atoms with E-state index < -0.39 is 9.84 Å². The molecule has 0 saturated carbocycles. The van der Waals surface area contributed by atoms with Gasteiger partial charge in [0.2, 0.25) is 0 Å². The minimum Gasteiger partial charge on any atom is -0.494 e. The first-order chi connectivity index (χ1) is 9.96. The van der Waals surface area contributed by atoms with Crippen LogP contribution in [0.4, 0.5) is 0 Å². The summed E-state index contributed by atoms with van der Waals surface area (Å²) in [4.78, 5) is 0. The van der Waals surface area contributed by atoms with Crippen molar-refractivity contribution in [3.05, 3.63) is 29.8 Å². The molecule has 0 aliphatic carbocycles. The number of nitrogens with one attached hydrogen (secondary N) is 1. The molecular formula is C16H27NO3S. The van der Waals surface area contributed by atoms with Gasteiger partial charge in [-0.15, -0.1) is 0 Å². The van der Waals surface area contributed by atoms with Crippen molar-refractivity contribution in [2.45, 2.75) is 39.2 Å². The van der Waals surface area contributed by atoms with Crippen molar-refractivity contribution in [2.75, 3.05) is 25.2 Å². The number of benzene rings is 1. The Kier molecular flexibility index (Phi) is 7.75. The lowest BCUT2D eigenvalue weighted by molar-refractivity contribution is 0.284. The minimum atomic E-state index is -2.85. The molecule has 0 spiro atoms. The molecule has 0 aliphatic rings. The zero-order chi connectivity index (χ0) is 15.7. The highest BCUT2D eigenvalue weighted by Crippen LogP contribution is 2.13. The second-order valence-electron chi connectivity index (χ2n) is 5.32. The first-order valence-electron chi connectivity index (χ1n) is 7.54. The fourth-order valence-electron chi connectivity index (χ4n) is 2.15. The maximum absolute atomic E-state index is 11.5. The van der Waals surface area contributed by atoms with E-state index in [-0.39, 0.29) is 11.5 Å². The van der Waals surface area contributed by atoms with Gasteiger partial charge in [-0.1, -0.05) is 19.1 Å². The van der Waals surface area contributed by atoms with Crippen molar-refractivity contribution in [3.8, 4) is 5.75 Å². The van der Waals surface area contributed by atoms with E-state index in [4.69, 9.17) is 4.74 Å². The molecule has 0 bridgehead atoms. The summed E-state index contributed by atoms with van der Waals surface area (Å²) >= 11 is 0. The molecule has 0 aliphatic heterocycles. The Balaban J connectivity index is 2.28. The first-order valence-corrected chi connectivity index (χ1v) is 9.36. The van der Waals surface area contributed by atoms with E-state index in [0.717, 1.165) is 18.6 Å². The molecule has 0 fully saturated rings. The molecule has 1 N–H and O–H groups in total. The second-order valence-corrected chi connectivity index (χ2v) is 7.79. The quantitative estimate of drug-likeness (QED) is 0.721. The number of rotatable bonds is 10. The average Bonchev–Trinajstić information content (AvgIpc) is 2.45. The van der Waals surface area contributed by atoms with Crippen LogP contribution in [0.2, 0.25) is 0 Å². The van der Waals surface area contributed by atoms with E-state index in [2.05, 4.69) is 5.32 Å². The highest BCUT2D eigenvalue weighted by molar-refractivity contribution is 7.91. The summed E-state index contributed by atoms with van der Waals surface area (Å²) in [5.41, 5.74) is 1.18. The highest BCUT2D eigenvalue weighted by Gasteiger charge is 2.11. The molecular weight excluding hydrogens is 286 g/mol. The van der Waals surface area contributed by atoms with E-state index in [1.807, 2.05) is 38.2 Å². The Morgan fingerprint density at radius 3 is 2.67 bits per heavy atom. The summed E-state index contributed by atoms with van der Waals surface area (Å²) in [5.74, 6) is 1.40. The molecule has 0 aromatic heterocycles. The maximum Gasteiger partial charge on any atom is 0.150 e. The lowest BCUT2D eigenvalue weighted by Gasteiger charge is -2.16. The predicted octanol–water partition coefficient (Wildman–Crippen LogP) is 2.57. The SMILES string of the molecule is CCS(=O)(=O)CCCC(CCOc1cccc(C)c1)NC. The van der Waals surface area contributed by atoms with Crippen molar-refractivity contribution in [1.82, 2.24) is 5.32 Å². The first kappa shape index (κ1) is 18.0. The van der Waals surface area contributed by atoms with Gasteiger partial charge in [-0.05, 0) is 50.9 Å². The van der Waals surface area contributed by atoms with Crippen molar-refractivity contribution in [1.29, 1.82) is 0 Å². The summed E-state index contributed by atoms with van der Waals surface area (Å²) in [6.07, 6.45) is 2.43. The summed E-state index contributed by atoms with van der Waals surface area (Å²) in [6.45, 7) is 4.37. The van der Waals surface area contributed by atoms with E-state index in [1.54, 1.807) is 6.92 Å². The van der Waals surface area contributed by atoms with Crippen molar-refractivity contribution in [3.63, 3.8) is 0 Å². The van der Waals surface area contributed by atoms with Gasteiger partial charge in [-0.25, -0.2) is 8.42 Å². The fraction of sp³-hybridized carbons (Fsp3) is 0.625. The molecule has 1 aromatic carbocycles. The normalized spacial score (nSPS) is 13.1. The molecule has 21 heavy (non-hydrogen) atoms. The molecule has 1 rings (SSSR count). The number of hydrogen-bond acceptors (Lipinski definition) is 4. The van der Waals surface area contributed by atoms with Gasteiger partial charge < -0.3 is 10.1 Å². The topological polar surface area (TPSA) is 55.4 Å². The zero-order valence-electron chi connectivity index (χ0n) is 13.3. The molecule has 0 amide bonds. The van der Waals surface area contributed by atoms with Crippen LogP contribution in [0.15, 0.2) is 24.3 Å². The van der Waals surface area contributed by atoms with Crippen LogP contribution in [-0.4, -0.2) is 39.6 Å². The van der Waals surface area contributed by atoms with Gasteiger partial charge in [0.25, 0.3) is 0 Å². The van der Waals surface area contributed by atoms with Gasteiger partial charge in [-0.2, -0.15) is 0 Å². The fourth-order valence-corrected chi connectivity index (χ4v) is 3.05. The van der Waals surface area contributed by atoms with Gasteiger partial charge >= 0.3 is 0 Å². The molecule has 1 atom stereocenters. The maximum atomic E-state index is 11.5. The van der Waals surface area contributed by atoms with E-state index >= 15 is 0 Å². The zero-order valence-corrected chi connectivity index (χ0v) is 14.1. The molecule has 0 saturated heterocycles. The minimum absolute atomic E-state index is 0.230. The van der Waals surface area contributed by atoms with Crippen LogP contribution in [0, 0.1) is 6.92 Å². The van der Waals surface area contributed by atoms with E-state index in [1.165, 1.54) is 5.56 Å². The monoisotopic (exact) mass is 313 g/mol. The van der Waals surface area contributed by atoms with Crippen LogP contribution in [0.5, 0.6) is 5.75 Å².